The number of hydrogen-bond donors (Lipinski definition) is 1. The van der Waals surface area contributed by atoms with Crippen molar-refractivity contribution in [3.05, 3.63) is 12.7 Å². The van der Waals surface area contributed by atoms with E-state index in [-0.39, 0.29) is 5.91 Å². The van der Waals surface area contributed by atoms with E-state index in [2.05, 4.69) is 22.1 Å². The predicted octanol–water partition coefficient (Wildman–Crippen LogP) is 2.10. The van der Waals surface area contributed by atoms with Gasteiger partial charge in [0.25, 0.3) is 0 Å². The van der Waals surface area contributed by atoms with Crippen molar-refractivity contribution in [2.45, 2.75) is 18.2 Å². The Hall–Kier alpha value is -1.08. The largest absolute Gasteiger partial charge is 0.357 e. The van der Waals surface area contributed by atoms with Crippen molar-refractivity contribution in [1.29, 1.82) is 0 Å². The van der Waals surface area contributed by atoms with Gasteiger partial charge in [-0.2, -0.15) is 0 Å². The van der Waals surface area contributed by atoms with Crippen LogP contribution in [0.25, 0.3) is 0 Å². The van der Waals surface area contributed by atoms with Crippen LogP contribution in [0.1, 0.15) is 13.8 Å². The molecule has 18 heavy (non-hydrogen) atoms. The van der Waals surface area contributed by atoms with E-state index in [4.69, 9.17) is 0 Å². The molecule has 0 aromatic carbocycles. The van der Waals surface area contributed by atoms with Crippen LogP contribution >= 0.6 is 23.1 Å². The van der Waals surface area contributed by atoms with Crippen LogP contribution in [-0.2, 0) is 4.79 Å². The van der Waals surface area contributed by atoms with Gasteiger partial charge in [-0.3, -0.25) is 4.79 Å². The van der Waals surface area contributed by atoms with Gasteiger partial charge in [0.2, 0.25) is 11.0 Å². The van der Waals surface area contributed by atoms with Gasteiger partial charge in [-0.05, 0) is 13.8 Å². The van der Waals surface area contributed by atoms with Gasteiger partial charge in [-0.25, -0.2) is 0 Å². The molecule has 0 radical (unpaired) electrons. The molecule has 1 rings (SSSR count). The van der Waals surface area contributed by atoms with E-state index in [0.29, 0.717) is 12.3 Å². The fraction of sp³-hybridized carbons (Fsp3) is 0.545. The number of aromatic nitrogens is 2. The summed E-state index contributed by atoms with van der Waals surface area (Å²) in [7, 11) is 0. The molecular weight excluding hydrogens is 268 g/mol. The molecule has 0 bridgehead atoms. The third-order valence-corrected chi connectivity index (χ3v) is 4.24. The molecule has 7 heteroatoms. The van der Waals surface area contributed by atoms with E-state index in [1.807, 2.05) is 18.7 Å². The molecule has 0 unspecified atom stereocenters. The fourth-order valence-corrected chi connectivity index (χ4v) is 2.95. The summed E-state index contributed by atoms with van der Waals surface area (Å²) in [6.45, 7) is 9.74. The van der Waals surface area contributed by atoms with Crippen molar-refractivity contribution in [3.63, 3.8) is 0 Å². The van der Waals surface area contributed by atoms with Crippen LogP contribution in [-0.4, -0.2) is 46.4 Å². The Bertz CT molecular complexity index is 390. The van der Waals surface area contributed by atoms with Gasteiger partial charge in [0.15, 0.2) is 4.34 Å². The lowest BCUT2D eigenvalue weighted by atomic mass is 10.5. The molecule has 5 nitrogen and oxygen atoms in total. The number of carbonyl (C=O) groups excluding carboxylic acids is 1. The van der Waals surface area contributed by atoms with Crippen LogP contribution in [0.15, 0.2) is 17.0 Å². The monoisotopic (exact) mass is 286 g/mol. The Kier molecular flexibility index (Phi) is 6.74. The second-order valence-corrected chi connectivity index (χ2v) is 5.60. The molecule has 0 aliphatic rings. The molecule has 1 aromatic rings. The molecule has 0 aliphatic heterocycles. The average Bonchev–Trinajstić information content (AvgIpc) is 2.83. The molecule has 0 aliphatic carbocycles. The maximum atomic E-state index is 11.8. The van der Waals surface area contributed by atoms with Gasteiger partial charge < -0.3 is 10.2 Å². The third-order valence-electron chi connectivity index (χ3n) is 2.24. The quantitative estimate of drug-likeness (QED) is 0.586. The number of anilines is 1. The number of nitrogens with zero attached hydrogens (tertiary/aromatic N) is 3. The van der Waals surface area contributed by atoms with Gasteiger partial charge in [-0.1, -0.05) is 29.2 Å². The summed E-state index contributed by atoms with van der Waals surface area (Å²) in [5.41, 5.74) is 0. The zero-order chi connectivity index (χ0) is 13.4. The highest BCUT2D eigenvalue weighted by Gasteiger charge is 2.12. The summed E-state index contributed by atoms with van der Waals surface area (Å²) >= 11 is 2.88. The Balaban J connectivity index is 2.41. The van der Waals surface area contributed by atoms with Crippen molar-refractivity contribution in [1.82, 2.24) is 15.1 Å². The standard InChI is InChI=1S/C11H18N4OS2/c1-4-7-12-10-13-14-11(18-10)17-8-9(16)15(5-2)6-3/h4H,1,5-8H2,2-3H3,(H,12,13). The van der Waals surface area contributed by atoms with E-state index in [1.54, 1.807) is 6.08 Å². The number of nitrogens with one attached hydrogen (secondary N) is 1. The Morgan fingerprint density at radius 3 is 2.83 bits per heavy atom. The molecule has 1 N–H and O–H groups in total. The minimum absolute atomic E-state index is 0.140. The van der Waals surface area contributed by atoms with Crippen molar-refractivity contribution >= 4 is 34.1 Å². The molecule has 1 amide bonds. The Morgan fingerprint density at radius 2 is 2.22 bits per heavy atom. The maximum absolute atomic E-state index is 11.8. The smallest absolute Gasteiger partial charge is 0.233 e. The number of amides is 1. The molecule has 0 saturated heterocycles. The molecule has 1 aromatic heterocycles. The highest BCUT2D eigenvalue weighted by atomic mass is 32.2. The number of thioether (sulfide) groups is 1. The van der Waals surface area contributed by atoms with Crippen molar-refractivity contribution in [2.24, 2.45) is 0 Å². The summed E-state index contributed by atoms with van der Waals surface area (Å²) in [6.07, 6.45) is 1.76. The van der Waals surface area contributed by atoms with E-state index < -0.39 is 0 Å². The molecule has 1 heterocycles. The summed E-state index contributed by atoms with van der Waals surface area (Å²) in [5.74, 6) is 0.554. The van der Waals surface area contributed by atoms with Crippen molar-refractivity contribution < 1.29 is 4.79 Å². The summed E-state index contributed by atoms with van der Waals surface area (Å²) in [4.78, 5) is 13.6. The van der Waals surface area contributed by atoms with Crippen LogP contribution in [0.3, 0.4) is 0 Å². The molecular formula is C11H18N4OS2. The third kappa shape index (κ3) is 4.66. The second-order valence-electron chi connectivity index (χ2n) is 3.40. The average molecular weight is 286 g/mol. The van der Waals surface area contributed by atoms with Crippen LogP contribution in [0.5, 0.6) is 0 Å². The lowest BCUT2D eigenvalue weighted by molar-refractivity contribution is -0.127. The topological polar surface area (TPSA) is 58.1 Å². The van der Waals surface area contributed by atoms with E-state index in [1.165, 1.54) is 23.1 Å². The summed E-state index contributed by atoms with van der Waals surface area (Å²) < 4.78 is 0.807. The number of carbonyl (C=O) groups is 1. The first kappa shape index (κ1) is 15.0. The van der Waals surface area contributed by atoms with Crippen LogP contribution in [0.2, 0.25) is 0 Å². The predicted molar refractivity (Wildman–Crippen MR) is 77.2 cm³/mol. The Morgan fingerprint density at radius 1 is 1.50 bits per heavy atom. The number of hydrogen-bond acceptors (Lipinski definition) is 6. The second kappa shape index (κ2) is 8.10. The van der Waals surface area contributed by atoms with Crippen LogP contribution < -0.4 is 5.32 Å². The van der Waals surface area contributed by atoms with E-state index >= 15 is 0 Å². The first-order chi connectivity index (χ1) is 8.71. The first-order valence-electron chi connectivity index (χ1n) is 5.80. The van der Waals surface area contributed by atoms with Crippen molar-refractivity contribution in [2.75, 3.05) is 30.7 Å². The minimum Gasteiger partial charge on any atom is -0.357 e. The normalized spacial score (nSPS) is 10.1. The first-order valence-corrected chi connectivity index (χ1v) is 7.60. The van der Waals surface area contributed by atoms with E-state index in [0.717, 1.165) is 22.6 Å². The van der Waals surface area contributed by atoms with Gasteiger partial charge in [0.05, 0.1) is 5.75 Å². The fourth-order valence-electron chi connectivity index (χ4n) is 1.29. The van der Waals surface area contributed by atoms with Gasteiger partial charge in [0.1, 0.15) is 0 Å². The SMILES string of the molecule is C=CCNc1nnc(SCC(=O)N(CC)CC)s1. The lowest BCUT2D eigenvalue weighted by Gasteiger charge is -2.17. The molecule has 0 spiro atoms. The highest BCUT2D eigenvalue weighted by molar-refractivity contribution is 8.01. The molecule has 0 saturated carbocycles. The lowest BCUT2D eigenvalue weighted by Crippen LogP contribution is -2.31. The molecule has 100 valence electrons. The summed E-state index contributed by atoms with van der Waals surface area (Å²) in [6, 6.07) is 0. The van der Waals surface area contributed by atoms with Gasteiger partial charge in [-0.15, -0.1) is 16.8 Å². The summed E-state index contributed by atoms with van der Waals surface area (Å²) in [5, 5.41) is 11.8. The van der Waals surface area contributed by atoms with Crippen LogP contribution in [0.4, 0.5) is 5.13 Å². The zero-order valence-electron chi connectivity index (χ0n) is 10.7. The Labute approximate surface area is 116 Å². The van der Waals surface area contributed by atoms with Crippen molar-refractivity contribution in [3.8, 4) is 0 Å². The molecule has 0 atom stereocenters. The van der Waals surface area contributed by atoms with E-state index in [9.17, 15) is 4.79 Å². The zero-order valence-corrected chi connectivity index (χ0v) is 12.3. The minimum atomic E-state index is 0.140. The molecule has 0 fully saturated rings. The maximum Gasteiger partial charge on any atom is 0.233 e. The highest BCUT2D eigenvalue weighted by Crippen LogP contribution is 2.25. The number of rotatable bonds is 8. The van der Waals surface area contributed by atoms with Gasteiger partial charge >= 0.3 is 0 Å². The van der Waals surface area contributed by atoms with Crippen LogP contribution in [0, 0.1) is 0 Å². The van der Waals surface area contributed by atoms with Gasteiger partial charge in [0, 0.05) is 19.6 Å².